The molecule has 0 bridgehead atoms. The van der Waals surface area contributed by atoms with Crippen molar-refractivity contribution in [2.45, 2.75) is 6.17 Å². The van der Waals surface area contributed by atoms with E-state index >= 15 is 0 Å². The van der Waals surface area contributed by atoms with Crippen LogP contribution in [0.25, 0.3) is 22.1 Å². The highest BCUT2D eigenvalue weighted by atomic mass is 79.9. The van der Waals surface area contributed by atoms with Gasteiger partial charge in [-0.05, 0) is 42.0 Å². The molecule has 0 saturated carbocycles. The summed E-state index contributed by atoms with van der Waals surface area (Å²) in [5.41, 5.74) is 4.62. The van der Waals surface area contributed by atoms with Crippen LogP contribution in [-0.2, 0) is 0 Å². The van der Waals surface area contributed by atoms with E-state index in [1.807, 2.05) is 70.0 Å². The van der Waals surface area contributed by atoms with Crippen LogP contribution in [0.2, 0.25) is 0 Å². The average molecular weight is 405 g/mol. The highest BCUT2D eigenvalue weighted by Gasteiger charge is 2.23. The number of halogens is 1. The zero-order chi connectivity index (χ0) is 17.5. The fraction of sp³-hybridized carbons (Fsp3) is 0.0526. The van der Waals surface area contributed by atoms with Crippen LogP contribution >= 0.6 is 15.9 Å². The van der Waals surface area contributed by atoms with Crippen LogP contribution in [0.1, 0.15) is 11.7 Å². The predicted octanol–water partition coefficient (Wildman–Crippen LogP) is 4.03. The van der Waals surface area contributed by atoms with Crippen LogP contribution in [0.3, 0.4) is 0 Å². The quantitative estimate of drug-likeness (QED) is 0.455. The number of hydrogen-bond acceptors (Lipinski definition) is 4. The van der Waals surface area contributed by atoms with Gasteiger partial charge in [0.25, 0.3) is 0 Å². The first-order chi connectivity index (χ1) is 12.8. The lowest BCUT2D eigenvalue weighted by molar-refractivity contribution is 0.421. The molecule has 2 heterocycles. The maximum Gasteiger partial charge on any atom is 0.173 e. The molecule has 0 aliphatic rings. The van der Waals surface area contributed by atoms with E-state index < -0.39 is 0 Å². The van der Waals surface area contributed by atoms with Crippen molar-refractivity contribution in [3.8, 4) is 0 Å². The van der Waals surface area contributed by atoms with E-state index in [0.29, 0.717) is 0 Å². The van der Waals surface area contributed by atoms with Crippen molar-refractivity contribution < 1.29 is 0 Å². The molecule has 0 unspecified atom stereocenters. The third-order valence-corrected chi connectivity index (χ3v) is 4.91. The normalized spacial score (nSPS) is 11.6. The Kier molecular flexibility index (Phi) is 3.53. The second-order valence-corrected chi connectivity index (χ2v) is 6.89. The summed E-state index contributed by atoms with van der Waals surface area (Å²) in [4.78, 5) is 0. The maximum absolute atomic E-state index is 4.42. The summed E-state index contributed by atoms with van der Waals surface area (Å²) in [6, 6.07) is 24.0. The molecular formula is C19H13BrN6. The van der Waals surface area contributed by atoms with E-state index in [-0.39, 0.29) is 6.17 Å². The number of nitrogens with zero attached hydrogens (tertiary/aromatic N) is 6. The molecule has 0 aliphatic heterocycles. The van der Waals surface area contributed by atoms with E-state index in [4.69, 9.17) is 0 Å². The van der Waals surface area contributed by atoms with Gasteiger partial charge < -0.3 is 0 Å². The van der Waals surface area contributed by atoms with Gasteiger partial charge in [0.1, 0.15) is 11.0 Å². The molecular weight excluding hydrogens is 392 g/mol. The molecule has 0 N–H and O–H groups in total. The minimum Gasteiger partial charge on any atom is -0.215 e. The molecule has 0 spiro atoms. The van der Waals surface area contributed by atoms with Crippen LogP contribution in [0.4, 0.5) is 0 Å². The van der Waals surface area contributed by atoms with Gasteiger partial charge in [0.2, 0.25) is 0 Å². The fourth-order valence-electron chi connectivity index (χ4n) is 3.16. The van der Waals surface area contributed by atoms with Gasteiger partial charge in [-0.1, -0.05) is 62.8 Å². The number of aromatic nitrogens is 6. The zero-order valence-electron chi connectivity index (χ0n) is 13.6. The molecule has 3 aromatic carbocycles. The van der Waals surface area contributed by atoms with Gasteiger partial charge in [0.05, 0.1) is 11.0 Å². The van der Waals surface area contributed by atoms with E-state index in [9.17, 15) is 0 Å². The Morgan fingerprint density at radius 3 is 1.69 bits per heavy atom. The molecule has 26 heavy (non-hydrogen) atoms. The van der Waals surface area contributed by atoms with Gasteiger partial charge in [-0.15, -0.1) is 10.2 Å². The van der Waals surface area contributed by atoms with Crippen molar-refractivity contribution in [2.75, 3.05) is 0 Å². The standard InChI is InChI=1S/C19H13BrN6/c20-14-11-9-13(10-12-14)19(25-17-7-3-1-5-15(17)21-23-25)26-18-8-4-2-6-16(18)22-24-26/h1-12,19H. The molecule has 6 nitrogen and oxygen atoms in total. The Labute approximate surface area is 157 Å². The minimum atomic E-state index is -0.289. The SMILES string of the molecule is Brc1ccc(C(n2nnc3ccccc32)n2nnc3ccccc32)cc1. The van der Waals surface area contributed by atoms with Crippen molar-refractivity contribution in [1.82, 2.24) is 30.0 Å². The largest absolute Gasteiger partial charge is 0.215 e. The third kappa shape index (κ3) is 2.40. The lowest BCUT2D eigenvalue weighted by Crippen LogP contribution is -2.22. The van der Waals surface area contributed by atoms with Gasteiger partial charge in [-0.2, -0.15) is 0 Å². The van der Waals surface area contributed by atoms with Crippen molar-refractivity contribution in [3.05, 3.63) is 82.8 Å². The Morgan fingerprint density at radius 2 is 1.15 bits per heavy atom. The molecule has 0 saturated heterocycles. The molecule has 0 aliphatic carbocycles. The second-order valence-electron chi connectivity index (χ2n) is 5.97. The van der Waals surface area contributed by atoms with Crippen molar-refractivity contribution >= 4 is 38.0 Å². The Morgan fingerprint density at radius 1 is 0.654 bits per heavy atom. The number of benzene rings is 3. The first kappa shape index (κ1) is 15.2. The summed E-state index contributed by atoms with van der Waals surface area (Å²) >= 11 is 3.50. The van der Waals surface area contributed by atoms with Crippen molar-refractivity contribution in [2.24, 2.45) is 0 Å². The van der Waals surface area contributed by atoms with E-state index in [1.165, 1.54) is 0 Å². The number of rotatable bonds is 3. The highest BCUT2D eigenvalue weighted by Crippen LogP contribution is 2.27. The average Bonchev–Trinajstić information content (AvgIpc) is 3.29. The fourth-order valence-corrected chi connectivity index (χ4v) is 3.42. The number of hydrogen-bond donors (Lipinski definition) is 0. The third-order valence-electron chi connectivity index (χ3n) is 4.39. The molecule has 0 radical (unpaired) electrons. The smallest absolute Gasteiger partial charge is 0.173 e. The van der Waals surface area contributed by atoms with E-state index in [0.717, 1.165) is 32.1 Å². The second kappa shape index (κ2) is 6.03. The molecule has 5 rings (SSSR count). The Hall–Kier alpha value is -3.06. The Bertz CT molecular complexity index is 1130. The van der Waals surface area contributed by atoms with Gasteiger partial charge in [-0.25, -0.2) is 9.36 Å². The topological polar surface area (TPSA) is 61.4 Å². The lowest BCUT2D eigenvalue weighted by Gasteiger charge is -2.19. The van der Waals surface area contributed by atoms with Crippen molar-refractivity contribution in [3.63, 3.8) is 0 Å². The molecule has 2 aromatic heterocycles. The Balaban J connectivity index is 1.79. The summed E-state index contributed by atoms with van der Waals surface area (Å²) in [6.45, 7) is 0. The number of fused-ring (bicyclic) bond motifs is 2. The molecule has 7 heteroatoms. The summed E-state index contributed by atoms with van der Waals surface area (Å²) in [7, 11) is 0. The van der Waals surface area contributed by atoms with E-state index in [1.54, 1.807) is 0 Å². The van der Waals surface area contributed by atoms with Crippen LogP contribution in [0.15, 0.2) is 77.3 Å². The first-order valence-electron chi connectivity index (χ1n) is 8.16. The monoisotopic (exact) mass is 404 g/mol. The minimum absolute atomic E-state index is 0.289. The highest BCUT2D eigenvalue weighted by molar-refractivity contribution is 9.10. The summed E-state index contributed by atoms with van der Waals surface area (Å²) in [6.07, 6.45) is -0.289. The maximum atomic E-state index is 4.42. The first-order valence-corrected chi connectivity index (χ1v) is 8.96. The summed E-state index contributed by atoms with van der Waals surface area (Å²) in [5.74, 6) is 0. The summed E-state index contributed by atoms with van der Waals surface area (Å²) < 4.78 is 4.80. The molecule has 0 fully saturated rings. The lowest BCUT2D eigenvalue weighted by atomic mass is 10.1. The zero-order valence-corrected chi connectivity index (χ0v) is 15.2. The van der Waals surface area contributed by atoms with Crippen LogP contribution in [0.5, 0.6) is 0 Å². The van der Waals surface area contributed by atoms with Crippen LogP contribution < -0.4 is 0 Å². The summed E-state index contributed by atoms with van der Waals surface area (Å²) in [5, 5.41) is 17.5. The van der Waals surface area contributed by atoms with Gasteiger partial charge in [0.15, 0.2) is 6.17 Å². The molecule has 0 amide bonds. The van der Waals surface area contributed by atoms with Crippen LogP contribution in [-0.4, -0.2) is 30.0 Å². The predicted molar refractivity (Wildman–Crippen MR) is 103 cm³/mol. The van der Waals surface area contributed by atoms with Crippen molar-refractivity contribution in [1.29, 1.82) is 0 Å². The van der Waals surface area contributed by atoms with Gasteiger partial charge in [0, 0.05) is 4.47 Å². The van der Waals surface area contributed by atoms with Gasteiger partial charge >= 0.3 is 0 Å². The van der Waals surface area contributed by atoms with E-state index in [2.05, 4.69) is 48.7 Å². The van der Waals surface area contributed by atoms with Gasteiger partial charge in [-0.3, -0.25) is 0 Å². The molecule has 5 aromatic rings. The van der Waals surface area contributed by atoms with Crippen LogP contribution in [0, 0.1) is 0 Å². The molecule has 126 valence electrons. The number of para-hydroxylation sites is 2. The molecule has 0 atom stereocenters.